The molecule has 0 radical (unpaired) electrons. The van der Waals surface area contributed by atoms with Crippen LogP contribution in [0.5, 0.6) is 0 Å². The molecular formula is C12H19N3OS. The summed E-state index contributed by atoms with van der Waals surface area (Å²) in [5, 5.41) is 2.08. The van der Waals surface area contributed by atoms with Crippen LogP contribution in [0.3, 0.4) is 0 Å². The lowest BCUT2D eigenvalue weighted by Crippen LogP contribution is -2.38. The molecule has 2 rings (SSSR count). The van der Waals surface area contributed by atoms with Crippen LogP contribution in [0.4, 0.5) is 4.79 Å². The first-order valence-corrected chi connectivity index (χ1v) is 6.70. The number of nitrogens with zero attached hydrogens (tertiary/aromatic N) is 2. The van der Waals surface area contributed by atoms with Crippen LogP contribution >= 0.6 is 11.3 Å². The minimum Gasteiger partial charge on any atom is -0.326 e. The zero-order valence-corrected chi connectivity index (χ0v) is 11.3. The first-order valence-electron chi connectivity index (χ1n) is 5.82. The van der Waals surface area contributed by atoms with Crippen molar-refractivity contribution in [1.82, 2.24) is 9.80 Å². The molecule has 2 amide bonds. The molecule has 2 atom stereocenters. The third kappa shape index (κ3) is 2.30. The number of likely N-dealkylation sites (N-methyl/N-ethyl adjacent to an activating group) is 1. The van der Waals surface area contributed by atoms with E-state index >= 15 is 0 Å². The number of rotatable bonds is 3. The highest BCUT2D eigenvalue weighted by Crippen LogP contribution is 2.33. The average molecular weight is 253 g/mol. The number of amides is 2. The summed E-state index contributed by atoms with van der Waals surface area (Å²) in [4.78, 5) is 17.0. The molecule has 0 spiro atoms. The van der Waals surface area contributed by atoms with Gasteiger partial charge in [-0.3, -0.25) is 0 Å². The number of aryl methyl sites for hydroxylation is 1. The number of hydrogen-bond donors (Lipinski definition) is 1. The predicted octanol–water partition coefficient (Wildman–Crippen LogP) is 1.81. The second kappa shape index (κ2) is 4.66. The van der Waals surface area contributed by atoms with Crippen LogP contribution in [-0.2, 0) is 0 Å². The van der Waals surface area contributed by atoms with Crippen molar-refractivity contribution in [2.75, 3.05) is 20.1 Å². The highest BCUT2D eigenvalue weighted by Gasteiger charge is 2.36. The maximum atomic E-state index is 12.1. The second-order valence-corrected chi connectivity index (χ2v) is 5.71. The largest absolute Gasteiger partial charge is 0.326 e. The van der Waals surface area contributed by atoms with Gasteiger partial charge in [-0.15, -0.1) is 11.3 Å². The summed E-state index contributed by atoms with van der Waals surface area (Å²) < 4.78 is 0. The molecular weight excluding hydrogens is 234 g/mol. The Morgan fingerprint density at radius 2 is 2.35 bits per heavy atom. The smallest absolute Gasteiger partial charge is 0.320 e. The van der Waals surface area contributed by atoms with Crippen molar-refractivity contribution in [3.8, 4) is 0 Å². The average Bonchev–Trinajstić information content (AvgIpc) is 2.77. The molecule has 5 heteroatoms. The number of thiophene rings is 1. The lowest BCUT2D eigenvalue weighted by atomic mass is 10.1. The normalized spacial score (nSPS) is 22.4. The van der Waals surface area contributed by atoms with E-state index < -0.39 is 0 Å². The van der Waals surface area contributed by atoms with Gasteiger partial charge in [0.1, 0.15) is 0 Å². The number of urea groups is 1. The van der Waals surface area contributed by atoms with Gasteiger partial charge in [-0.05, 0) is 30.9 Å². The molecule has 1 saturated heterocycles. The standard InChI is InChI=1S/C12H19N3OS/c1-8-4-5-17-11(8)10-7-15(6-9(2)13)12(16)14(10)3/h4-5,9-10H,6-7,13H2,1-3H3. The summed E-state index contributed by atoms with van der Waals surface area (Å²) in [5.74, 6) is 0. The SMILES string of the molecule is Cc1ccsc1C1CN(CC(C)N)C(=O)N1C. The summed E-state index contributed by atoms with van der Waals surface area (Å²) in [5.41, 5.74) is 7.03. The molecule has 2 unspecified atom stereocenters. The fraction of sp³-hybridized carbons (Fsp3) is 0.583. The van der Waals surface area contributed by atoms with Crippen molar-refractivity contribution >= 4 is 17.4 Å². The summed E-state index contributed by atoms with van der Waals surface area (Å²) in [6.07, 6.45) is 0. The Morgan fingerprint density at radius 1 is 1.65 bits per heavy atom. The van der Waals surface area contributed by atoms with Gasteiger partial charge in [-0.2, -0.15) is 0 Å². The Balaban J connectivity index is 2.17. The Labute approximate surface area is 106 Å². The predicted molar refractivity (Wildman–Crippen MR) is 70.2 cm³/mol. The van der Waals surface area contributed by atoms with Crippen LogP contribution in [0.2, 0.25) is 0 Å². The molecule has 0 aromatic carbocycles. The lowest BCUT2D eigenvalue weighted by Gasteiger charge is -2.17. The van der Waals surface area contributed by atoms with E-state index in [4.69, 9.17) is 5.73 Å². The maximum Gasteiger partial charge on any atom is 0.320 e. The zero-order valence-electron chi connectivity index (χ0n) is 10.5. The Bertz CT molecular complexity index is 416. The number of nitrogens with two attached hydrogens (primary N) is 1. The molecule has 0 saturated carbocycles. The van der Waals surface area contributed by atoms with Crippen molar-refractivity contribution in [1.29, 1.82) is 0 Å². The van der Waals surface area contributed by atoms with Gasteiger partial charge < -0.3 is 15.5 Å². The number of carbonyl (C=O) groups excluding carboxylic acids is 1. The van der Waals surface area contributed by atoms with Crippen molar-refractivity contribution in [3.63, 3.8) is 0 Å². The Hall–Kier alpha value is -1.07. The van der Waals surface area contributed by atoms with Crippen molar-refractivity contribution in [2.45, 2.75) is 25.9 Å². The molecule has 1 aromatic rings. The van der Waals surface area contributed by atoms with E-state index in [0.29, 0.717) is 6.54 Å². The van der Waals surface area contributed by atoms with Gasteiger partial charge in [0.05, 0.1) is 6.04 Å². The molecule has 1 aromatic heterocycles. The van der Waals surface area contributed by atoms with Gasteiger partial charge in [0.15, 0.2) is 0 Å². The number of hydrogen-bond acceptors (Lipinski definition) is 3. The summed E-state index contributed by atoms with van der Waals surface area (Å²) >= 11 is 1.72. The Kier molecular flexibility index (Phi) is 3.40. The molecule has 94 valence electrons. The molecule has 4 nitrogen and oxygen atoms in total. The highest BCUT2D eigenvalue weighted by atomic mass is 32.1. The second-order valence-electron chi connectivity index (χ2n) is 4.76. The van der Waals surface area contributed by atoms with Gasteiger partial charge in [0, 0.05) is 31.1 Å². The monoisotopic (exact) mass is 253 g/mol. The summed E-state index contributed by atoms with van der Waals surface area (Å²) in [6.45, 7) is 5.40. The van der Waals surface area contributed by atoms with Crippen LogP contribution in [0.1, 0.15) is 23.4 Å². The molecule has 1 aliphatic heterocycles. The molecule has 1 fully saturated rings. The number of carbonyl (C=O) groups is 1. The summed E-state index contributed by atoms with van der Waals surface area (Å²) in [6, 6.07) is 2.39. The van der Waals surface area contributed by atoms with E-state index in [1.165, 1.54) is 10.4 Å². The molecule has 1 aliphatic rings. The van der Waals surface area contributed by atoms with Crippen molar-refractivity contribution < 1.29 is 4.79 Å². The summed E-state index contributed by atoms with van der Waals surface area (Å²) in [7, 11) is 1.87. The highest BCUT2D eigenvalue weighted by molar-refractivity contribution is 7.10. The van der Waals surface area contributed by atoms with Crippen LogP contribution in [0.15, 0.2) is 11.4 Å². The third-order valence-electron chi connectivity index (χ3n) is 3.15. The maximum absolute atomic E-state index is 12.1. The van der Waals surface area contributed by atoms with Gasteiger partial charge in [-0.1, -0.05) is 0 Å². The van der Waals surface area contributed by atoms with E-state index in [1.807, 2.05) is 23.8 Å². The molecule has 0 aliphatic carbocycles. The fourth-order valence-corrected chi connectivity index (χ4v) is 3.31. The van der Waals surface area contributed by atoms with Gasteiger partial charge in [-0.25, -0.2) is 4.79 Å². The lowest BCUT2D eigenvalue weighted by molar-refractivity contribution is 0.194. The molecule has 2 heterocycles. The van der Waals surface area contributed by atoms with E-state index in [0.717, 1.165) is 6.54 Å². The topological polar surface area (TPSA) is 49.6 Å². The first-order chi connectivity index (χ1) is 8.00. The first kappa shape index (κ1) is 12.4. The van der Waals surface area contributed by atoms with Crippen molar-refractivity contribution in [3.05, 3.63) is 21.9 Å². The third-order valence-corrected chi connectivity index (χ3v) is 4.27. The van der Waals surface area contributed by atoms with Gasteiger partial charge in [0.25, 0.3) is 0 Å². The van der Waals surface area contributed by atoms with Gasteiger partial charge in [0.2, 0.25) is 0 Å². The molecule has 0 bridgehead atoms. The van der Waals surface area contributed by atoms with E-state index in [1.54, 1.807) is 11.3 Å². The van der Waals surface area contributed by atoms with Crippen molar-refractivity contribution in [2.24, 2.45) is 5.73 Å². The minimum absolute atomic E-state index is 0.0236. The zero-order chi connectivity index (χ0) is 12.6. The Morgan fingerprint density at radius 3 is 2.88 bits per heavy atom. The van der Waals surface area contributed by atoms with E-state index in [2.05, 4.69) is 18.4 Å². The van der Waals surface area contributed by atoms with E-state index in [-0.39, 0.29) is 18.1 Å². The van der Waals surface area contributed by atoms with Crippen LogP contribution in [0, 0.1) is 6.92 Å². The van der Waals surface area contributed by atoms with Crippen LogP contribution < -0.4 is 5.73 Å². The quantitative estimate of drug-likeness (QED) is 0.893. The van der Waals surface area contributed by atoms with Crippen LogP contribution in [-0.4, -0.2) is 42.0 Å². The van der Waals surface area contributed by atoms with Crippen LogP contribution in [0.25, 0.3) is 0 Å². The van der Waals surface area contributed by atoms with Gasteiger partial charge >= 0.3 is 6.03 Å². The minimum atomic E-state index is 0.0236. The molecule has 17 heavy (non-hydrogen) atoms. The fourth-order valence-electron chi connectivity index (χ4n) is 2.25. The molecule has 2 N–H and O–H groups in total. The van der Waals surface area contributed by atoms with E-state index in [9.17, 15) is 4.79 Å².